The normalized spacial score (nSPS) is 19.2. The molecule has 1 aromatic rings. The third-order valence-corrected chi connectivity index (χ3v) is 3.51. The Hall–Kier alpha value is -2.01. The van der Waals surface area contributed by atoms with E-state index in [4.69, 9.17) is 10.2 Å². The molecule has 0 saturated heterocycles. The van der Waals surface area contributed by atoms with Crippen molar-refractivity contribution in [3.05, 3.63) is 48.1 Å². The van der Waals surface area contributed by atoms with Gasteiger partial charge in [0.15, 0.2) is 6.04 Å². The van der Waals surface area contributed by atoms with E-state index in [-0.39, 0.29) is 5.75 Å². The van der Waals surface area contributed by atoms with Gasteiger partial charge in [-0.3, -0.25) is 4.99 Å². The maximum atomic E-state index is 10.7. The molecule has 0 fully saturated rings. The highest BCUT2D eigenvalue weighted by Crippen LogP contribution is 2.19. The second kappa shape index (κ2) is 6.24. The first-order valence-electron chi connectivity index (χ1n) is 5.72. The lowest BCUT2D eigenvalue weighted by Crippen LogP contribution is -2.16. The molecule has 1 heterocycles. The highest BCUT2D eigenvalue weighted by atomic mass is 32.2. The SMILES string of the molecule is O=C(O)[C@H]1CSC(/C=C/C=C/c2ccc(O)cc2)=N1. The van der Waals surface area contributed by atoms with Gasteiger partial charge in [0.25, 0.3) is 0 Å². The van der Waals surface area contributed by atoms with Crippen LogP contribution in [0.5, 0.6) is 5.75 Å². The molecular weight excluding hydrogens is 262 g/mol. The van der Waals surface area contributed by atoms with Crippen LogP contribution in [0.3, 0.4) is 0 Å². The van der Waals surface area contributed by atoms with E-state index in [0.717, 1.165) is 10.6 Å². The highest BCUT2D eigenvalue weighted by molar-refractivity contribution is 8.14. The molecular formula is C14H13NO3S. The monoisotopic (exact) mass is 275 g/mol. The minimum Gasteiger partial charge on any atom is -0.508 e. The summed E-state index contributed by atoms with van der Waals surface area (Å²) in [5.74, 6) is -0.143. The number of hydrogen-bond donors (Lipinski definition) is 2. The van der Waals surface area contributed by atoms with Gasteiger partial charge >= 0.3 is 5.97 Å². The van der Waals surface area contributed by atoms with E-state index < -0.39 is 12.0 Å². The summed E-state index contributed by atoms with van der Waals surface area (Å²) in [7, 11) is 0. The summed E-state index contributed by atoms with van der Waals surface area (Å²) < 4.78 is 0. The zero-order chi connectivity index (χ0) is 13.7. The molecule has 19 heavy (non-hydrogen) atoms. The van der Waals surface area contributed by atoms with E-state index in [9.17, 15) is 4.79 Å². The van der Waals surface area contributed by atoms with Crippen LogP contribution in [0.2, 0.25) is 0 Å². The maximum absolute atomic E-state index is 10.7. The second-order valence-corrected chi connectivity index (χ2v) is 4.98. The van der Waals surface area contributed by atoms with E-state index >= 15 is 0 Å². The number of aromatic hydroxyl groups is 1. The molecule has 0 amide bonds. The Morgan fingerprint density at radius 1 is 1.26 bits per heavy atom. The van der Waals surface area contributed by atoms with Crippen LogP contribution in [-0.2, 0) is 4.79 Å². The fourth-order valence-corrected chi connectivity index (χ4v) is 2.42. The molecule has 5 heteroatoms. The van der Waals surface area contributed by atoms with Crippen molar-refractivity contribution in [3.63, 3.8) is 0 Å². The van der Waals surface area contributed by atoms with Crippen LogP contribution in [0.4, 0.5) is 0 Å². The van der Waals surface area contributed by atoms with Gasteiger partial charge in [-0.15, -0.1) is 11.8 Å². The molecule has 0 spiro atoms. The Labute approximate surface area is 115 Å². The fourth-order valence-electron chi connectivity index (χ4n) is 1.50. The summed E-state index contributed by atoms with van der Waals surface area (Å²) in [6, 6.07) is 6.24. The lowest BCUT2D eigenvalue weighted by Gasteiger charge is -1.93. The third kappa shape index (κ3) is 3.99. The van der Waals surface area contributed by atoms with E-state index in [1.165, 1.54) is 11.8 Å². The number of thioether (sulfide) groups is 1. The molecule has 0 saturated carbocycles. The van der Waals surface area contributed by atoms with Crippen molar-refractivity contribution in [2.75, 3.05) is 5.75 Å². The summed E-state index contributed by atoms with van der Waals surface area (Å²) in [5.41, 5.74) is 0.979. The molecule has 2 N–H and O–H groups in total. The molecule has 0 aliphatic carbocycles. The van der Waals surface area contributed by atoms with Crippen molar-refractivity contribution in [2.45, 2.75) is 6.04 Å². The number of aliphatic imine (C=N–C) groups is 1. The molecule has 0 aromatic heterocycles. The van der Waals surface area contributed by atoms with Crippen LogP contribution in [0, 0.1) is 0 Å². The number of phenolic OH excluding ortho intramolecular Hbond substituents is 1. The van der Waals surface area contributed by atoms with Crippen molar-refractivity contribution in [3.8, 4) is 5.75 Å². The summed E-state index contributed by atoms with van der Waals surface area (Å²) in [5, 5.41) is 18.7. The number of allylic oxidation sites excluding steroid dienone is 2. The van der Waals surface area contributed by atoms with Crippen molar-refractivity contribution in [1.29, 1.82) is 0 Å². The summed E-state index contributed by atoms with van der Waals surface area (Å²) in [6.45, 7) is 0. The lowest BCUT2D eigenvalue weighted by molar-refractivity contribution is -0.137. The van der Waals surface area contributed by atoms with Gasteiger partial charge in [-0.05, 0) is 23.8 Å². The predicted octanol–water partition coefficient (Wildman–Crippen LogP) is 2.56. The van der Waals surface area contributed by atoms with Gasteiger partial charge in [-0.25, -0.2) is 4.79 Å². The van der Waals surface area contributed by atoms with Gasteiger partial charge in [0.1, 0.15) is 5.75 Å². The van der Waals surface area contributed by atoms with Gasteiger partial charge in [-0.2, -0.15) is 0 Å². The molecule has 0 radical (unpaired) electrons. The zero-order valence-electron chi connectivity index (χ0n) is 10.1. The first-order valence-corrected chi connectivity index (χ1v) is 6.71. The maximum Gasteiger partial charge on any atom is 0.329 e. The largest absolute Gasteiger partial charge is 0.508 e. The van der Waals surface area contributed by atoms with Gasteiger partial charge in [0, 0.05) is 5.75 Å². The average Bonchev–Trinajstić information content (AvgIpc) is 2.86. The lowest BCUT2D eigenvalue weighted by atomic mass is 10.2. The molecule has 1 aliphatic heterocycles. The standard InChI is InChI=1S/C14H13NO3S/c16-11-7-5-10(6-8-11)3-1-2-4-13-15-12(9-19-13)14(17)18/h1-8,12,16H,9H2,(H,17,18)/b3-1+,4-2+/t12-/m1/s1. The van der Waals surface area contributed by atoms with Crippen LogP contribution < -0.4 is 0 Å². The number of nitrogens with zero attached hydrogens (tertiary/aromatic N) is 1. The van der Waals surface area contributed by atoms with Crippen molar-refractivity contribution in [2.24, 2.45) is 4.99 Å². The first-order chi connectivity index (χ1) is 9.15. The van der Waals surface area contributed by atoms with Gasteiger partial charge in [0.2, 0.25) is 0 Å². The number of carbonyl (C=O) groups is 1. The number of rotatable bonds is 4. The quantitative estimate of drug-likeness (QED) is 0.829. The molecule has 4 nitrogen and oxygen atoms in total. The average molecular weight is 275 g/mol. The number of phenols is 1. The number of benzene rings is 1. The number of carboxylic acids is 1. The summed E-state index contributed by atoms with van der Waals surface area (Å²) in [6.07, 6.45) is 7.36. The molecule has 98 valence electrons. The van der Waals surface area contributed by atoms with Gasteiger partial charge in [0.05, 0.1) is 5.04 Å². The Balaban J connectivity index is 1.92. The van der Waals surface area contributed by atoms with Gasteiger partial charge < -0.3 is 10.2 Å². The summed E-state index contributed by atoms with van der Waals surface area (Å²) in [4.78, 5) is 14.8. The topological polar surface area (TPSA) is 69.9 Å². The highest BCUT2D eigenvalue weighted by Gasteiger charge is 2.22. The van der Waals surface area contributed by atoms with E-state index in [1.807, 2.05) is 30.4 Å². The molecule has 1 atom stereocenters. The zero-order valence-corrected chi connectivity index (χ0v) is 10.9. The van der Waals surface area contributed by atoms with Crippen molar-refractivity contribution in [1.82, 2.24) is 0 Å². The van der Waals surface area contributed by atoms with Crippen molar-refractivity contribution < 1.29 is 15.0 Å². The van der Waals surface area contributed by atoms with E-state index in [0.29, 0.717) is 5.75 Å². The summed E-state index contributed by atoms with van der Waals surface area (Å²) >= 11 is 1.44. The minimum atomic E-state index is -0.879. The molecule has 1 aliphatic rings. The first kappa shape index (κ1) is 13.4. The van der Waals surface area contributed by atoms with Crippen LogP contribution in [-0.4, -0.2) is 33.0 Å². The van der Waals surface area contributed by atoms with Crippen LogP contribution in [0.1, 0.15) is 5.56 Å². The van der Waals surface area contributed by atoms with Gasteiger partial charge in [-0.1, -0.05) is 30.4 Å². The second-order valence-electron chi connectivity index (χ2n) is 3.94. The number of carboxylic acid groups (broad SMARTS) is 1. The van der Waals surface area contributed by atoms with E-state index in [2.05, 4.69) is 4.99 Å². The third-order valence-electron chi connectivity index (χ3n) is 2.49. The smallest absolute Gasteiger partial charge is 0.329 e. The Morgan fingerprint density at radius 2 is 1.95 bits per heavy atom. The molecule has 0 unspecified atom stereocenters. The van der Waals surface area contributed by atoms with Crippen LogP contribution in [0.15, 0.2) is 47.5 Å². The molecule has 1 aromatic carbocycles. The van der Waals surface area contributed by atoms with Crippen LogP contribution >= 0.6 is 11.8 Å². The molecule has 2 rings (SSSR count). The Morgan fingerprint density at radius 3 is 2.58 bits per heavy atom. The molecule has 0 bridgehead atoms. The minimum absolute atomic E-state index is 0.240. The van der Waals surface area contributed by atoms with E-state index in [1.54, 1.807) is 18.2 Å². The number of hydrogen-bond acceptors (Lipinski definition) is 4. The number of aliphatic carboxylic acids is 1. The Kier molecular flexibility index (Phi) is 4.41. The fraction of sp³-hybridized carbons (Fsp3) is 0.143. The Bertz CT molecular complexity index is 546. The van der Waals surface area contributed by atoms with Crippen LogP contribution in [0.25, 0.3) is 6.08 Å². The van der Waals surface area contributed by atoms with Crippen molar-refractivity contribution >= 4 is 28.9 Å². The predicted molar refractivity (Wildman–Crippen MR) is 77.6 cm³/mol.